The molecule has 2 saturated heterocycles. The molecule has 1 N–H and O–H groups in total. The van der Waals surface area contributed by atoms with Crippen molar-refractivity contribution in [2.24, 2.45) is 5.41 Å². The molecule has 2 aliphatic rings. The zero-order valence-corrected chi connectivity index (χ0v) is 15.4. The molecule has 0 radical (unpaired) electrons. The SMILES string of the molecule is CCOC(=O)[C@@]1(CC)C[C@H]2CC[C@@H]1N2C(=O)CNC(=O)c1ccccc1. The fraction of sp³-hybridized carbons (Fsp3) is 0.550. The first kappa shape index (κ1) is 18.4. The molecule has 2 bridgehead atoms. The summed E-state index contributed by atoms with van der Waals surface area (Å²) in [5.74, 6) is -0.583. The van der Waals surface area contributed by atoms with E-state index in [1.54, 1.807) is 31.2 Å². The Morgan fingerprint density at radius 1 is 1.19 bits per heavy atom. The zero-order chi connectivity index (χ0) is 18.7. The molecule has 3 atom stereocenters. The standard InChI is InChI=1S/C20H26N2O4/c1-3-20(19(25)26-4-2)12-15-10-11-16(20)22(15)17(23)13-21-18(24)14-8-6-5-7-9-14/h5-9,15-16H,3-4,10-13H2,1-2H3,(H,21,24)/t15-,16+,20+/m1/s1. The van der Waals surface area contributed by atoms with Crippen molar-refractivity contribution in [3.63, 3.8) is 0 Å². The number of amides is 2. The summed E-state index contributed by atoms with van der Waals surface area (Å²) in [5.41, 5.74) is -0.0722. The largest absolute Gasteiger partial charge is 0.466 e. The number of nitrogens with one attached hydrogen (secondary N) is 1. The van der Waals surface area contributed by atoms with E-state index in [2.05, 4.69) is 5.32 Å². The van der Waals surface area contributed by atoms with Crippen LogP contribution >= 0.6 is 0 Å². The van der Waals surface area contributed by atoms with Crippen molar-refractivity contribution in [2.75, 3.05) is 13.2 Å². The third-order valence-corrected chi connectivity index (χ3v) is 5.78. The van der Waals surface area contributed by atoms with Crippen molar-refractivity contribution in [3.05, 3.63) is 35.9 Å². The number of rotatable bonds is 6. The molecule has 2 heterocycles. The zero-order valence-electron chi connectivity index (χ0n) is 15.4. The van der Waals surface area contributed by atoms with Gasteiger partial charge in [0.05, 0.1) is 18.6 Å². The lowest BCUT2D eigenvalue weighted by Gasteiger charge is -2.34. The number of nitrogens with zero attached hydrogens (tertiary/aromatic N) is 1. The molecular weight excluding hydrogens is 332 g/mol. The van der Waals surface area contributed by atoms with E-state index in [4.69, 9.17) is 4.74 Å². The molecule has 0 aromatic heterocycles. The van der Waals surface area contributed by atoms with Crippen LogP contribution in [0.2, 0.25) is 0 Å². The lowest BCUT2D eigenvalue weighted by atomic mass is 9.72. The number of carbonyl (C=O) groups excluding carboxylic acids is 3. The number of esters is 1. The first-order valence-electron chi connectivity index (χ1n) is 9.35. The minimum absolute atomic E-state index is 0.0522. The molecule has 140 valence electrons. The summed E-state index contributed by atoms with van der Waals surface area (Å²) < 4.78 is 5.31. The minimum atomic E-state index is -0.599. The van der Waals surface area contributed by atoms with Gasteiger partial charge in [0.1, 0.15) is 0 Å². The number of hydrogen-bond donors (Lipinski definition) is 1. The van der Waals surface area contributed by atoms with Crippen LogP contribution in [0, 0.1) is 5.41 Å². The molecule has 6 nitrogen and oxygen atoms in total. The van der Waals surface area contributed by atoms with Gasteiger partial charge in [0.15, 0.2) is 0 Å². The van der Waals surface area contributed by atoms with Crippen molar-refractivity contribution in [3.8, 4) is 0 Å². The first-order valence-corrected chi connectivity index (χ1v) is 9.35. The molecule has 1 aromatic rings. The Bertz CT molecular complexity index is 690. The van der Waals surface area contributed by atoms with Crippen LogP contribution in [0.3, 0.4) is 0 Å². The fourth-order valence-corrected chi connectivity index (χ4v) is 4.52. The molecule has 6 heteroatoms. The van der Waals surface area contributed by atoms with Crippen molar-refractivity contribution in [2.45, 2.75) is 51.6 Å². The maximum atomic E-state index is 12.8. The van der Waals surface area contributed by atoms with Crippen LogP contribution < -0.4 is 5.32 Å². The van der Waals surface area contributed by atoms with E-state index in [-0.39, 0.29) is 36.4 Å². The highest BCUT2D eigenvalue weighted by Crippen LogP contribution is 2.52. The summed E-state index contributed by atoms with van der Waals surface area (Å²) in [5, 5.41) is 2.70. The molecule has 2 fully saturated rings. The van der Waals surface area contributed by atoms with E-state index in [9.17, 15) is 14.4 Å². The number of hydrogen-bond acceptors (Lipinski definition) is 4. The van der Waals surface area contributed by atoms with E-state index in [1.165, 1.54) is 0 Å². The van der Waals surface area contributed by atoms with Gasteiger partial charge in [-0.3, -0.25) is 14.4 Å². The average molecular weight is 358 g/mol. The van der Waals surface area contributed by atoms with Gasteiger partial charge < -0.3 is 15.0 Å². The van der Waals surface area contributed by atoms with Gasteiger partial charge in [0.25, 0.3) is 5.91 Å². The maximum Gasteiger partial charge on any atom is 0.314 e. The molecule has 0 spiro atoms. The van der Waals surface area contributed by atoms with Crippen LogP contribution in [0.25, 0.3) is 0 Å². The molecule has 2 aliphatic heterocycles. The van der Waals surface area contributed by atoms with Crippen molar-refractivity contribution in [1.82, 2.24) is 10.2 Å². The minimum Gasteiger partial charge on any atom is -0.466 e. The smallest absolute Gasteiger partial charge is 0.314 e. The van der Waals surface area contributed by atoms with Crippen molar-refractivity contribution < 1.29 is 19.1 Å². The quantitative estimate of drug-likeness (QED) is 0.791. The molecule has 1 aromatic carbocycles. The highest BCUT2D eigenvalue weighted by atomic mass is 16.5. The molecule has 2 amide bonds. The fourth-order valence-electron chi connectivity index (χ4n) is 4.52. The number of benzene rings is 1. The van der Waals surface area contributed by atoms with Crippen LogP contribution in [0.4, 0.5) is 0 Å². The summed E-state index contributed by atoms with van der Waals surface area (Å²) in [6, 6.07) is 8.76. The Labute approximate surface area is 153 Å². The number of carbonyl (C=O) groups is 3. The van der Waals surface area contributed by atoms with Gasteiger partial charge in [-0.15, -0.1) is 0 Å². The Balaban J connectivity index is 1.67. The van der Waals surface area contributed by atoms with Crippen molar-refractivity contribution in [1.29, 1.82) is 0 Å². The Hall–Kier alpha value is -2.37. The maximum absolute atomic E-state index is 12.8. The van der Waals surface area contributed by atoms with Gasteiger partial charge in [0, 0.05) is 17.6 Å². The highest BCUT2D eigenvalue weighted by Gasteiger charge is 2.60. The Morgan fingerprint density at radius 2 is 1.92 bits per heavy atom. The highest BCUT2D eigenvalue weighted by molar-refractivity contribution is 5.96. The normalized spacial score (nSPS) is 26.6. The predicted octanol–water partition coefficient (Wildman–Crippen LogP) is 2.14. The van der Waals surface area contributed by atoms with Gasteiger partial charge in [0.2, 0.25) is 5.91 Å². The molecule has 26 heavy (non-hydrogen) atoms. The average Bonchev–Trinajstić information content (AvgIpc) is 3.23. The van der Waals surface area contributed by atoms with Crippen LogP contribution in [-0.4, -0.2) is 47.9 Å². The predicted molar refractivity (Wildman–Crippen MR) is 96.4 cm³/mol. The Kier molecular flexibility index (Phi) is 5.30. The summed E-state index contributed by atoms with van der Waals surface area (Å²) in [7, 11) is 0. The second-order valence-electron chi connectivity index (χ2n) is 7.03. The summed E-state index contributed by atoms with van der Waals surface area (Å²) in [6.07, 6.45) is 3.04. The van der Waals surface area contributed by atoms with Crippen LogP contribution in [0.1, 0.15) is 49.9 Å². The topological polar surface area (TPSA) is 75.7 Å². The van der Waals surface area contributed by atoms with Crippen molar-refractivity contribution >= 4 is 17.8 Å². The first-order chi connectivity index (χ1) is 12.5. The lowest BCUT2D eigenvalue weighted by molar-refractivity contribution is -0.158. The van der Waals surface area contributed by atoms with Gasteiger partial charge in [-0.1, -0.05) is 25.1 Å². The molecule has 3 rings (SSSR count). The summed E-state index contributed by atoms with van der Waals surface area (Å²) in [4.78, 5) is 39.4. The van der Waals surface area contributed by atoms with Gasteiger partial charge in [-0.25, -0.2) is 0 Å². The van der Waals surface area contributed by atoms with E-state index in [0.717, 1.165) is 12.8 Å². The van der Waals surface area contributed by atoms with Crippen LogP contribution in [0.15, 0.2) is 30.3 Å². The second kappa shape index (κ2) is 7.48. The third kappa shape index (κ3) is 3.08. The Morgan fingerprint density at radius 3 is 2.58 bits per heavy atom. The molecule has 0 saturated carbocycles. The van der Waals surface area contributed by atoms with E-state index in [1.807, 2.05) is 17.9 Å². The molecule has 0 aliphatic carbocycles. The van der Waals surface area contributed by atoms with Gasteiger partial charge in [-0.2, -0.15) is 0 Å². The number of fused-ring (bicyclic) bond motifs is 2. The van der Waals surface area contributed by atoms with Gasteiger partial charge >= 0.3 is 5.97 Å². The second-order valence-corrected chi connectivity index (χ2v) is 7.03. The summed E-state index contributed by atoms with van der Waals surface area (Å²) >= 11 is 0. The van der Waals surface area contributed by atoms with Crippen LogP contribution in [0.5, 0.6) is 0 Å². The molecular formula is C20H26N2O4. The molecule has 0 unspecified atom stereocenters. The van der Waals surface area contributed by atoms with Crippen LogP contribution in [-0.2, 0) is 14.3 Å². The van der Waals surface area contributed by atoms with E-state index >= 15 is 0 Å². The number of ether oxygens (including phenoxy) is 1. The van der Waals surface area contributed by atoms with E-state index < -0.39 is 5.41 Å². The summed E-state index contributed by atoms with van der Waals surface area (Å²) in [6.45, 7) is 4.08. The third-order valence-electron chi connectivity index (χ3n) is 5.78. The van der Waals surface area contributed by atoms with Gasteiger partial charge in [-0.05, 0) is 44.7 Å². The van der Waals surface area contributed by atoms with E-state index in [0.29, 0.717) is 25.0 Å². The lowest BCUT2D eigenvalue weighted by Crippen LogP contribution is -2.48. The monoisotopic (exact) mass is 358 g/mol.